The summed E-state index contributed by atoms with van der Waals surface area (Å²) in [6, 6.07) is 2.20. The van der Waals surface area contributed by atoms with Crippen molar-refractivity contribution < 1.29 is 0 Å². The summed E-state index contributed by atoms with van der Waals surface area (Å²) in [6.45, 7) is 4.03. The van der Waals surface area contributed by atoms with Gasteiger partial charge < -0.3 is 5.32 Å². The first-order valence-electron chi connectivity index (χ1n) is 4.37. The Labute approximate surface area is 83.5 Å². The topological polar surface area (TPSA) is 37.8 Å². The van der Waals surface area contributed by atoms with Crippen molar-refractivity contribution in [3.63, 3.8) is 0 Å². The summed E-state index contributed by atoms with van der Waals surface area (Å²) >= 11 is 5.75. The number of halogens is 1. The quantitative estimate of drug-likeness (QED) is 0.756. The molecule has 0 aliphatic heterocycles. The van der Waals surface area contributed by atoms with E-state index in [0.29, 0.717) is 5.88 Å². The second-order valence-corrected chi connectivity index (χ2v) is 3.26. The zero-order valence-corrected chi connectivity index (χ0v) is 8.67. The van der Waals surface area contributed by atoms with Gasteiger partial charge in [-0.1, -0.05) is 6.92 Å². The molecule has 1 aromatic heterocycles. The average molecular weight is 200 g/mol. The molecular weight excluding hydrogens is 186 g/mol. The third kappa shape index (κ3) is 3.19. The molecule has 0 bridgehead atoms. The molecule has 1 aromatic rings. The Hall–Kier alpha value is -0.830. The fraction of sp³-hybridized carbons (Fsp3) is 0.556. The van der Waals surface area contributed by atoms with Gasteiger partial charge in [-0.2, -0.15) is 0 Å². The van der Waals surface area contributed by atoms with Crippen molar-refractivity contribution in [2.75, 3.05) is 11.2 Å². The number of rotatable bonds is 4. The van der Waals surface area contributed by atoms with Gasteiger partial charge in [0.05, 0.1) is 0 Å². The molecule has 13 heavy (non-hydrogen) atoms. The highest BCUT2D eigenvalue weighted by atomic mass is 35.5. The molecule has 3 nitrogen and oxygen atoms in total. The summed E-state index contributed by atoms with van der Waals surface area (Å²) in [5.41, 5.74) is 0.960. The first-order valence-corrected chi connectivity index (χ1v) is 4.91. The molecule has 0 radical (unpaired) electrons. The number of anilines is 1. The zero-order chi connectivity index (χ0) is 9.68. The van der Waals surface area contributed by atoms with E-state index in [4.69, 9.17) is 11.6 Å². The molecule has 4 heteroatoms. The Morgan fingerprint density at radius 1 is 1.54 bits per heavy atom. The predicted octanol–water partition coefficient (Wildman–Crippen LogP) is 2.21. The lowest BCUT2D eigenvalue weighted by molar-refractivity contribution is 0.764. The van der Waals surface area contributed by atoms with Gasteiger partial charge in [0.2, 0.25) is 0 Å². The molecule has 1 unspecified atom stereocenters. The normalized spacial score (nSPS) is 12.5. The van der Waals surface area contributed by atoms with Gasteiger partial charge in [-0.3, -0.25) is 0 Å². The van der Waals surface area contributed by atoms with Crippen LogP contribution in [0.15, 0.2) is 12.4 Å². The van der Waals surface area contributed by atoms with Gasteiger partial charge in [-0.05, 0) is 13.3 Å². The summed E-state index contributed by atoms with van der Waals surface area (Å²) in [7, 11) is 0. The number of hydrogen-bond donors (Lipinski definition) is 1. The summed E-state index contributed by atoms with van der Waals surface area (Å²) in [6.07, 6.45) is 2.55. The van der Waals surface area contributed by atoms with Crippen LogP contribution in [0.1, 0.15) is 19.0 Å². The van der Waals surface area contributed by atoms with Crippen LogP contribution in [0.5, 0.6) is 0 Å². The van der Waals surface area contributed by atoms with Gasteiger partial charge in [-0.15, -0.1) is 11.6 Å². The standard InChI is InChI=1S/C9H14ClN3/c1-3-8(5-10)13-9-4-7(2)11-6-12-9/h4,6,8H,3,5H2,1-2H3,(H,11,12,13). The Kier molecular flexibility index (Phi) is 3.96. The van der Waals surface area contributed by atoms with Crippen LogP contribution in [-0.2, 0) is 0 Å². The van der Waals surface area contributed by atoms with Crippen LogP contribution in [0.3, 0.4) is 0 Å². The minimum Gasteiger partial charge on any atom is -0.366 e. The number of nitrogens with one attached hydrogen (secondary N) is 1. The van der Waals surface area contributed by atoms with Crippen molar-refractivity contribution in [2.45, 2.75) is 26.3 Å². The predicted molar refractivity (Wildman–Crippen MR) is 55.2 cm³/mol. The van der Waals surface area contributed by atoms with E-state index in [2.05, 4.69) is 22.2 Å². The third-order valence-corrected chi connectivity index (χ3v) is 2.21. The average Bonchev–Trinajstić information content (AvgIpc) is 2.14. The first kappa shape index (κ1) is 10.3. The SMILES string of the molecule is CCC(CCl)Nc1cc(C)ncn1. The summed E-state index contributed by atoms with van der Waals surface area (Å²) in [5, 5.41) is 3.24. The Balaban J connectivity index is 2.62. The van der Waals surface area contributed by atoms with Crippen molar-refractivity contribution in [1.29, 1.82) is 0 Å². The van der Waals surface area contributed by atoms with Crippen LogP contribution >= 0.6 is 11.6 Å². The molecule has 0 aliphatic carbocycles. The van der Waals surface area contributed by atoms with Gasteiger partial charge in [0, 0.05) is 23.7 Å². The van der Waals surface area contributed by atoms with E-state index in [0.717, 1.165) is 17.9 Å². The number of aryl methyl sites for hydroxylation is 1. The number of nitrogens with zero attached hydrogens (tertiary/aromatic N) is 2. The van der Waals surface area contributed by atoms with Crippen molar-refractivity contribution in [1.82, 2.24) is 9.97 Å². The molecule has 1 heterocycles. The first-order chi connectivity index (χ1) is 6.26. The highest BCUT2D eigenvalue weighted by molar-refractivity contribution is 6.18. The van der Waals surface area contributed by atoms with Gasteiger partial charge in [-0.25, -0.2) is 9.97 Å². The fourth-order valence-electron chi connectivity index (χ4n) is 0.992. The van der Waals surface area contributed by atoms with Crippen LogP contribution in [-0.4, -0.2) is 21.9 Å². The molecule has 0 saturated heterocycles. The Morgan fingerprint density at radius 2 is 2.31 bits per heavy atom. The van der Waals surface area contributed by atoms with Crippen LogP contribution in [0.2, 0.25) is 0 Å². The molecule has 0 spiro atoms. The van der Waals surface area contributed by atoms with E-state index in [9.17, 15) is 0 Å². The molecule has 1 atom stereocenters. The summed E-state index contributed by atoms with van der Waals surface area (Å²) in [5.74, 6) is 1.44. The van der Waals surface area contributed by atoms with Crippen LogP contribution < -0.4 is 5.32 Å². The lowest BCUT2D eigenvalue weighted by Gasteiger charge is -2.13. The minimum atomic E-state index is 0.288. The number of alkyl halides is 1. The Morgan fingerprint density at radius 3 is 2.85 bits per heavy atom. The largest absolute Gasteiger partial charge is 0.366 e. The molecule has 1 N–H and O–H groups in total. The zero-order valence-electron chi connectivity index (χ0n) is 7.92. The Bertz CT molecular complexity index is 261. The van der Waals surface area contributed by atoms with Crippen LogP contribution in [0.4, 0.5) is 5.82 Å². The minimum absolute atomic E-state index is 0.288. The van der Waals surface area contributed by atoms with E-state index in [1.54, 1.807) is 6.33 Å². The van der Waals surface area contributed by atoms with Gasteiger partial charge >= 0.3 is 0 Å². The lowest BCUT2D eigenvalue weighted by atomic mass is 10.2. The maximum Gasteiger partial charge on any atom is 0.129 e. The monoisotopic (exact) mass is 199 g/mol. The second-order valence-electron chi connectivity index (χ2n) is 2.95. The van der Waals surface area contributed by atoms with E-state index < -0.39 is 0 Å². The van der Waals surface area contributed by atoms with Crippen LogP contribution in [0, 0.1) is 6.92 Å². The molecule has 1 rings (SSSR count). The fourth-order valence-corrected chi connectivity index (χ4v) is 1.29. The highest BCUT2D eigenvalue weighted by Gasteiger charge is 2.04. The lowest BCUT2D eigenvalue weighted by Crippen LogP contribution is -2.20. The maximum atomic E-state index is 5.75. The van der Waals surface area contributed by atoms with Gasteiger partial charge in [0.1, 0.15) is 12.1 Å². The highest BCUT2D eigenvalue weighted by Crippen LogP contribution is 2.07. The van der Waals surface area contributed by atoms with Crippen molar-refractivity contribution in [2.24, 2.45) is 0 Å². The van der Waals surface area contributed by atoms with E-state index in [1.165, 1.54) is 0 Å². The molecule has 0 fully saturated rings. The van der Waals surface area contributed by atoms with Crippen molar-refractivity contribution >= 4 is 17.4 Å². The molecule has 72 valence electrons. The number of hydrogen-bond acceptors (Lipinski definition) is 3. The number of aromatic nitrogens is 2. The van der Waals surface area contributed by atoms with Gasteiger partial charge in [0.15, 0.2) is 0 Å². The summed E-state index contributed by atoms with van der Waals surface area (Å²) in [4.78, 5) is 8.11. The van der Waals surface area contributed by atoms with Gasteiger partial charge in [0.25, 0.3) is 0 Å². The van der Waals surface area contributed by atoms with Crippen molar-refractivity contribution in [3.8, 4) is 0 Å². The summed E-state index contributed by atoms with van der Waals surface area (Å²) < 4.78 is 0. The van der Waals surface area contributed by atoms with Crippen LogP contribution in [0.25, 0.3) is 0 Å². The van der Waals surface area contributed by atoms with E-state index in [-0.39, 0.29) is 6.04 Å². The third-order valence-electron chi connectivity index (χ3n) is 1.83. The van der Waals surface area contributed by atoms with E-state index in [1.807, 2.05) is 13.0 Å². The maximum absolute atomic E-state index is 5.75. The van der Waals surface area contributed by atoms with E-state index >= 15 is 0 Å². The second kappa shape index (κ2) is 5.02. The molecule has 0 aliphatic rings. The molecule has 0 aromatic carbocycles. The molecule has 0 amide bonds. The van der Waals surface area contributed by atoms with Crippen molar-refractivity contribution in [3.05, 3.63) is 18.1 Å². The molecular formula is C9H14ClN3. The molecule has 0 saturated carbocycles. The smallest absolute Gasteiger partial charge is 0.129 e.